The summed E-state index contributed by atoms with van der Waals surface area (Å²) in [4.78, 5) is 12.6. The maximum absolute atomic E-state index is 12.6. The summed E-state index contributed by atoms with van der Waals surface area (Å²) in [5, 5.41) is 12.6. The molecule has 0 unspecified atom stereocenters. The van der Waals surface area contributed by atoms with Crippen molar-refractivity contribution in [1.29, 1.82) is 0 Å². The van der Waals surface area contributed by atoms with E-state index in [0.717, 1.165) is 22.5 Å². The Morgan fingerprint density at radius 2 is 1.96 bits per heavy atom. The summed E-state index contributed by atoms with van der Waals surface area (Å²) in [5.74, 6) is 0.0979. The van der Waals surface area contributed by atoms with Gasteiger partial charge in [-0.25, -0.2) is 4.68 Å². The molecule has 1 aromatic carbocycles. The van der Waals surface area contributed by atoms with E-state index in [0.29, 0.717) is 11.6 Å². The standard InChI is InChI=1S/C16H19BrN4OS/c1-11(15(22)12-7-9-13(17)10-8-12)23-16-18-19-20-21(16)14-5-3-2-4-6-14/h7-11,14H,2-6H2,1H3/t11-/m1/s1. The van der Waals surface area contributed by atoms with Crippen molar-refractivity contribution >= 4 is 33.5 Å². The number of hydrogen-bond donors (Lipinski definition) is 0. The largest absolute Gasteiger partial charge is 0.293 e. The number of halogens is 1. The molecule has 122 valence electrons. The van der Waals surface area contributed by atoms with Gasteiger partial charge in [-0.1, -0.05) is 59.1 Å². The van der Waals surface area contributed by atoms with Gasteiger partial charge in [0.25, 0.3) is 0 Å². The second-order valence-electron chi connectivity index (χ2n) is 5.83. The van der Waals surface area contributed by atoms with Crippen LogP contribution in [0.15, 0.2) is 33.9 Å². The van der Waals surface area contributed by atoms with E-state index < -0.39 is 0 Å². The first-order valence-corrected chi connectivity index (χ1v) is 9.56. The van der Waals surface area contributed by atoms with E-state index in [1.165, 1.54) is 31.0 Å². The number of thioether (sulfide) groups is 1. The average molecular weight is 395 g/mol. The van der Waals surface area contributed by atoms with Gasteiger partial charge in [-0.15, -0.1) is 5.10 Å². The molecule has 0 aliphatic heterocycles. The maximum Gasteiger partial charge on any atom is 0.210 e. The van der Waals surface area contributed by atoms with E-state index in [-0.39, 0.29) is 11.0 Å². The van der Waals surface area contributed by atoms with Crippen molar-refractivity contribution in [3.63, 3.8) is 0 Å². The minimum Gasteiger partial charge on any atom is -0.293 e. The van der Waals surface area contributed by atoms with Crippen LogP contribution in [0.1, 0.15) is 55.4 Å². The Morgan fingerprint density at radius 3 is 2.65 bits per heavy atom. The molecule has 3 rings (SSSR count). The van der Waals surface area contributed by atoms with E-state index in [9.17, 15) is 4.79 Å². The molecule has 1 atom stereocenters. The van der Waals surface area contributed by atoms with Crippen molar-refractivity contribution in [2.24, 2.45) is 0 Å². The Balaban J connectivity index is 1.70. The van der Waals surface area contributed by atoms with Crippen molar-refractivity contribution in [2.45, 2.75) is 55.5 Å². The van der Waals surface area contributed by atoms with Crippen molar-refractivity contribution in [3.8, 4) is 0 Å². The van der Waals surface area contributed by atoms with Gasteiger partial charge in [0.1, 0.15) is 0 Å². The molecule has 1 aliphatic carbocycles. The lowest BCUT2D eigenvalue weighted by Gasteiger charge is -2.22. The molecule has 0 radical (unpaired) electrons. The summed E-state index contributed by atoms with van der Waals surface area (Å²) in [6.45, 7) is 1.91. The number of Topliss-reactive ketones (excluding diaryl/α,β-unsaturated/α-hetero) is 1. The van der Waals surface area contributed by atoms with Crippen LogP contribution in [0, 0.1) is 0 Å². The Bertz CT molecular complexity index is 667. The van der Waals surface area contributed by atoms with E-state index in [2.05, 4.69) is 31.5 Å². The highest BCUT2D eigenvalue weighted by Crippen LogP contribution is 2.32. The predicted molar refractivity (Wildman–Crippen MR) is 93.7 cm³/mol. The summed E-state index contributed by atoms with van der Waals surface area (Å²) in [6.07, 6.45) is 5.98. The van der Waals surface area contributed by atoms with Gasteiger partial charge in [0.2, 0.25) is 5.16 Å². The number of rotatable bonds is 5. The third kappa shape index (κ3) is 4.01. The molecule has 0 spiro atoms. The number of carbonyl (C=O) groups excluding carboxylic acids is 1. The highest BCUT2D eigenvalue weighted by molar-refractivity contribution is 9.10. The molecule has 1 saturated carbocycles. The molecule has 1 aromatic heterocycles. The molecule has 1 fully saturated rings. The number of nitrogens with zero attached hydrogens (tertiary/aromatic N) is 4. The van der Waals surface area contributed by atoms with Crippen molar-refractivity contribution in [3.05, 3.63) is 34.3 Å². The molecule has 0 amide bonds. The fraction of sp³-hybridized carbons (Fsp3) is 0.500. The number of carbonyl (C=O) groups is 1. The van der Waals surface area contributed by atoms with Gasteiger partial charge in [-0.05, 0) is 42.3 Å². The Labute approximate surface area is 148 Å². The molecule has 1 heterocycles. The highest BCUT2D eigenvalue weighted by atomic mass is 79.9. The van der Waals surface area contributed by atoms with E-state index in [4.69, 9.17) is 0 Å². The Hall–Kier alpha value is -1.21. The molecule has 5 nitrogen and oxygen atoms in total. The normalized spacial score (nSPS) is 17.1. The smallest absolute Gasteiger partial charge is 0.210 e. The van der Waals surface area contributed by atoms with Crippen LogP contribution in [-0.2, 0) is 0 Å². The minimum atomic E-state index is -0.218. The van der Waals surface area contributed by atoms with Gasteiger partial charge >= 0.3 is 0 Å². The third-order valence-electron chi connectivity index (χ3n) is 4.16. The maximum atomic E-state index is 12.6. The molecule has 0 bridgehead atoms. The molecule has 2 aromatic rings. The van der Waals surface area contributed by atoms with Crippen LogP contribution in [-0.4, -0.2) is 31.2 Å². The highest BCUT2D eigenvalue weighted by Gasteiger charge is 2.24. The second kappa shape index (κ2) is 7.57. The second-order valence-corrected chi connectivity index (χ2v) is 8.05. The molecule has 0 saturated heterocycles. The molecular formula is C16H19BrN4OS. The summed E-state index contributed by atoms with van der Waals surface area (Å²) < 4.78 is 2.88. The molecule has 0 N–H and O–H groups in total. The first-order chi connectivity index (χ1) is 11.1. The molecular weight excluding hydrogens is 376 g/mol. The van der Waals surface area contributed by atoms with Crippen molar-refractivity contribution in [1.82, 2.24) is 20.2 Å². The van der Waals surface area contributed by atoms with Gasteiger partial charge < -0.3 is 0 Å². The zero-order valence-corrected chi connectivity index (χ0v) is 15.4. The number of ketones is 1. The zero-order chi connectivity index (χ0) is 16.2. The average Bonchev–Trinajstić information content (AvgIpc) is 3.04. The monoisotopic (exact) mass is 394 g/mol. The van der Waals surface area contributed by atoms with Crippen LogP contribution in [0.5, 0.6) is 0 Å². The number of hydrogen-bond acceptors (Lipinski definition) is 5. The van der Waals surface area contributed by atoms with Gasteiger partial charge in [-0.3, -0.25) is 4.79 Å². The van der Waals surface area contributed by atoms with Crippen LogP contribution in [0.25, 0.3) is 0 Å². The minimum absolute atomic E-state index is 0.0979. The Morgan fingerprint density at radius 1 is 1.26 bits per heavy atom. The summed E-state index contributed by atoms with van der Waals surface area (Å²) in [7, 11) is 0. The van der Waals surface area contributed by atoms with Crippen LogP contribution < -0.4 is 0 Å². The van der Waals surface area contributed by atoms with Crippen LogP contribution in [0.3, 0.4) is 0 Å². The van der Waals surface area contributed by atoms with Crippen LogP contribution >= 0.6 is 27.7 Å². The molecule has 7 heteroatoms. The topological polar surface area (TPSA) is 60.7 Å². The van der Waals surface area contributed by atoms with E-state index in [1.807, 2.05) is 35.9 Å². The van der Waals surface area contributed by atoms with Gasteiger partial charge in [0.05, 0.1) is 11.3 Å². The zero-order valence-electron chi connectivity index (χ0n) is 13.0. The van der Waals surface area contributed by atoms with E-state index >= 15 is 0 Å². The lowest BCUT2D eigenvalue weighted by atomic mass is 9.96. The Kier molecular flexibility index (Phi) is 5.48. The molecule has 1 aliphatic rings. The predicted octanol–water partition coefficient (Wildman–Crippen LogP) is 4.30. The third-order valence-corrected chi connectivity index (χ3v) is 5.74. The van der Waals surface area contributed by atoms with E-state index in [1.54, 1.807) is 0 Å². The van der Waals surface area contributed by atoms with Gasteiger partial charge in [-0.2, -0.15) is 0 Å². The lowest BCUT2D eigenvalue weighted by molar-refractivity contribution is 0.0993. The number of aromatic nitrogens is 4. The quantitative estimate of drug-likeness (QED) is 0.558. The van der Waals surface area contributed by atoms with Crippen LogP contribution in [0.2, 0.25) is 0 Å². The SMILES string of the molecule is C[C@@H](Sc1nnnn1C1CCCCC1)C(=O)c1ccc(Br)cc1. The number of benzene rings is 1. The first kappa shape index (κ1) is 16.6. The number of tetrazole rings is 1. The first-order valence-electron chi connectivity index (χ1n) is 7.89. The summed E-state index contributed by atoms with van der Waals surface area (Å²) in [5.41, 5.74) is 0.713. The fourth-order valence-corrected chi connectivity index (χ4v) is 4.08. The summed E-state index contributed by atoms with van der Waals surface area (Å²) >= 11 is 4.83. The lowest BCUT2D eigenvalue weighted by Crippen LogP contribution is -2.18. The molecule has 23 heavy (non-hydrogen) atoms. The van der Waals surface area contributed by atoms with Crippen molar-refractivity contribution in [2.75, 3.05) is 0 Å². The van der Waals surface area contributed by atoms with Gasteiger partial charge in [0.15, 0.2) is 5.78 Å². The fourth-order valence-electron chi connectivity index (χ4n) is 2.88. The summed E-state index contributed by atoms with van der Waals surface area (Å²) in [6, 6.07) is 7.82. The van der Waals surface area contributed by atoms with Crippen LogP contribution in [0.4, 0.5) is 0 Å². The van der Waals surface area contributed by atoms with Gasteiger partial charge in [0, 0.05) is 10.0 Å². The van der Waals surface area contributed by atoms with Crippen molar-refractivity contribution < 1.29 is 4.79 Å².